The maximum absolute atomic E-state index is 14.4. The lowest BCUT2D eigenvalue weighted by molar-refractivity contribution is -0.214. The zero-order valence-corrected chi connectivity index (χ0v) is 19.7. The average molecular weight is 532 g/mol. The number of ether oxygens (including phenoxy) is 2. The van der Waals surface area contributed by atoms with Crippen molar-refractivity contribution in [3.8, 4) is 5.75 Å². The van der Waals surface area contributed by atoms with E-state index in [9.17, 15) is 35.9 Å². The number of pyridine rings is 1. The molecular formula is C23H22F6N4O4. The second kappa shape index (κ2) is 9.72. The summed E-state index contributed by atoms with van der Waals surface area (Å²) in [7, 11) is 2.32. The van der Waals surface area contributed by atoms with Gasteiger partial charge in [0.05, 0.1) is 24.7 Å². The van der Waals surface area contributed by atoms with E-state index in [1.165, 1.54) is 19.2 Å². The van der Waals surface area contributed by atoms with Crippen LogP contribution >= 0.6 is 0 Å². The first-order valence-corrected chi connectivity index (χ1v) is 11.1. The monoisotopic (exact) mass is 532 g/mol. The second-order valence-corrected chi connectivity index (χ2v) is 8.53. The number of alkyl halides is 5. The summed E-state index contributed by atoms with van der Waals surface area (Å²) in [6.45, 7) is -1.14. The van der Waals surface area contributed by atoms with E-state index in [2.05, 4.69) is 10.4 Å². The normalized spacial score (nSPS) is 18.1. The van der Waals surface area contributed by atoms with Gasteiger partial charge in [0, 0.05) is 32.8 Å². The Labute approximate surface area is 205 Å². The number of hydrogen-bond acceptors (Lipinski definition) is 6. The van der Waals surface area contributed by atoms with Gasteiger partial charge < -0.3 is 14.8 Å². The van der Waals surface area contributed by atoms with Crippen molar-refractivity contribution in [3.63, 3.8) is 0 Å². The highest BCUT2D eigenvalue weighted by Gasteiger charge is 2.59. The number of benzene rings is 1. The molecule has 1 aliphatic rings. The molecule has 200 valence electrons. The molecule has 3 aromatic rings. The van der Waals surface area contributed by atoms with Crippen LogP contribution < -0.4 is 21.2 Å². The topological polar surface area (TPSA) is 87.4 Å². The van der Waals surface area contributed by atoms with Gasteiger partial charge in [0.15, 0.2) is 17.1 Å². The molecule has 0 amide bonds. The van der Waals surface area contributed by atoms with Gasteiger partial charge in [0.1, 0.15) is 11.2 Å². The highest BCUT2D eigenvalue weighted by molar-refractivity contribution is 5.94. The zero-order chi connectivity index (χ0) is 27.1. The zero-order valence-electron chi connectivity index (χ0n) is 19.7. The van der Waals surface area contributed by atoms with Crippen molar-refractivity contribution in [2.45, 2.75) is 31.0 Å². The van der Waals surface area contributed by atoms with Crippen LogP contribution in [0.1, 0.15) is 24.0 Å². The summed E-state index contributed by atoms with van der Waals surface area (Å²) in [5.41, 5.74) is -5.43. The Morgan fingerprint density at radius 3 is 2.57 bits per heavy atom. The molecule has 1 fully saturated rings. The molecule has 4 rings (SSSR count). The van der Waals surface area contributed by atoms with E-state index in [0.717, 1.165) is 24.1 Å². The molecule has 2 aromatic heterocycles. The maximum atomic E-state index is 14.4. The largest absolute Gasteiger partial charge is 0.490 e. The van der Waals surface area contributed by atoms with Crippen molar-refractivity contribution < 1.29 is 35.8 Å². The number of halogens is 6. The Morgan fingerprint density at radius 2 is 1.97 bits per heavy atom. The van der Waals surface area contributed by atoms with E-state index in [1.807, 2.05) is 0 Å². The van der Waals surface area contributed by atoms with Crippen molar-refractivity contribution in [3.05, 3.63) is 62.0 Å². The lowest BCUT2D eigenvalue weighted by Crippen LogP contribution is -2.52. The molecule has 8 nitrogen and oxygen atoms in total. The third-order valence-electron chi connectivity index (χ3n) is 6.40. The Kier molecular flexibility index (Phi) is 6.97. The number of hydrogen-bond donors (Lipinski definition) is 1. The highest BCUT2D eigenvalue weighted by Crippen LogP contribution is 2.43. The van der Waals surface area contributed by atoms with Crippen LogP contribution in [-0.4, -0.2) is 47.4 Å². The molecule has 0 bridgehead atoms. The van der Waals surface area contributed by atoms with Gasteiger partial charge in [-0.1, -0.05) is 18.2 Å². The van der Waals surface area contributed by atoms with Crippen LogP contribution in [0.15, 0.2) is 34.0 Å². The van der Waals surface area contributed by atoms with Crippen molar-refractivity contribution in [1.29, 1.82) is 0 Å². The highest BCUT2D eigenvalue weighted by atomic mass is 19.4. The Balaban J connectivity index is 1.83. The predicted octanol–water partition coefficient (Wildman–Crippen LogP) is 3.51. The van der Waals surface area contributed by atoms with Crippen LogP contribution in [0.25, 0.3) is 10.8 Å². The summed E-state index contributed by atoms with van der Waals surface area (Å²) in [5.74, 6) is -1.76. The molecule has 0 saturated carbocycles. The maximum Gasteiger partial charge on any atom is 0.414 e. The average Bonchev–Trinajstić information content (AvgIpc) is 3.34. The molecule has 1 aromatic carbocycles. The molecular weight excluding hydrogens is 510 g/mol. The van der Waals surface area contributed by atoms with E-state index < -0.39 is 59.4 Å². The first-order valence-electron chi connectivity index (χ1n) is 11.1. The van der Waals surface area contributed by atoms with E-state index in [4.69, 9.17) is 9.47 Å². The Hall–Kier alpha value is -3.55. The van der Waals surface area contributed by atoms with E-state index >= 15 is 0 Å². The predicted molar refractivity (Wildman–Crippen MR) is 121 cm³/mol. The molecule has 14 heteroatoms. The minimum Gasteiger partial charge on any atom is -0.490 e. The number of nitrogens with zero attached hydrogens (tertiary/aromatic N) is 3. The molecule has 1 aliphatic heterocycles. The number of rotatable bonds is 7. The fourth-order valence-electron chi connectivity index (χ4n) is 4.41. The summed E-state index contributed by atoms with van der Waals surface area (Å²) in [6, 6.07) is 3.57. The Bertz CT molecular complexity index is 1440. The number of anilines is 1. The molecule has 0 spiro atoms. The molecule has 1 atom stereocenters. The Morgan fingerprint density at radius 1 is 1.24 bits per heavy atom. The van der Waals surface area contributed by atoms with Gasteiger partial charge >= 0.3 is 6.18 Å². The van der Waals surface area contributed by atoms with Gasteiger partial charge in [-0.05, 0) is 12.0 Å². The lowest BCUT2D eigenvalue weighted by Gasteiger charge is -2.32. The molecule has 3 heterocycles. The number of aromatic nitrogens is 3. The number of aryl methyl sites for hydroxylation is 1. The molecule has 1 N–H and O–H groups in total. The lowest BCUT2D eigenvalue weighted by atomic mass is 9.96. The summed E-state index contributed by atoms with van der Waals surface area (Å²) in [6.07, 6.45) is -7.62. The quantitative estimate of drug-likeness (QED) is 0.469. The smallest absolute Gasteiger partial charge is 0.414 e. The van der Waals surface area contributed by atoms with Crippen LogP contribution in [0.5, 0.6) is 5.75 Å². The summed E-state index contributed by atoms with van der Waals surface area (Å²) >= 11 is 0. The summed E-state index contributed by atoms with van der Waals surface area (Å²) in [5, 5.41) is 6.42. The van der Waals surface area contributed by atoms with Crippen LogP contribution in [0.4, 0.5) is 32.2 Å². The fraction of sp³-hybridized carbons (Fsp3) is 0.435. The summed E-state index contributed by atoms with van der Waals surface area (Å²) < 4.78 is 94.5. The summed E-state index contributed by atoms with van der Waals surface area (Å²) in [4.78, 5) is 26.0. The van der Waals surface area contributed by atoms with E-state index in [-0.39, 0.29) is 41.7 Å². The first-order chi connectivity index (χ1) is 17.4. The minimum absolute atomic E-state index is 0.0203. The molecule has 0 radical (unpaired) electrons. The molecule has 0 unspecified atom stereocenters. The van der Waals surface area contributed by atoms with Crippen LogP contribution in [0.2, 0.25) is 0 Å². The van der Waals surface area contributed by atoms with E-state index in [0.29, 0.717) is 4.57 Å². The molecule has 37 heavy (non-hydrogen) atoms. The number of nitrogens with one attached hydrogen (secondary N) is 1. The van der Waals surface area contributed by atoms with Gasteiger partial charge in [0.25, 0.3) is 17.5 Å². The third-order valence-corrected chi connectivity index (χ3v) is 6.40. The third kappa shape index (κ3) is 4.43. The van der Waals surface area contributed by atoms with Crippen LogP contribution in [-0.2, 0) is 23.7 Å². The SMILES string of the molecule is COc1c(=O)n([C@@]2(C(F)(F)F)CCOC2)cc2c(NCCc3cccc(C(F)F)c3F)nn(C)c(=O)c12. The van der Waals surface area contributed by atoms with Crippen molar-refractivity contribution in [2.75, 3.05) is 32.2 Å². The van der Waals surface area contributed by atoms with E-state index in [1.54, 1.807) is 0 Å². The fourth-order valence-corrected chi connectivity index (χ4v) is 4.41. The van der Waals surface area contributed by atoms with Gasteiger partial charge in [-0.3, -0.25) is 14.2 Å². The van der Waals surface area contributed by atoms with Gasteiger partial charge in [0.2, 0.25) is 0 Å². The van der Waals surface area contributed by atoms with Gasteiger partial charge in [-0.2, -0.15) is 18.3 Å². The first kappa shape index (κ1) is 26.5. The van der Waals surface area contributed by atoms with Gasteiger partial charge in [-0.25, -0.2) is 17.9 Å². The standard InChI is InChI=1S/C23H22F6N4O4/c1-32-20(34)15-14(19(31-32)30-8-6-12-4-3-5-13(16(12)24)18(25)26)10-33(21(35)17(15)36-2)22(23(27,28)29)7-9-37-11-22/h3-5,10,18H,6-9,11H2,1-2H3,(H,30,31)/t22-/m0/s1. The molecule has 0 aliphatic carbocycles. The van der Waals surface area contributed by atoms with Crippen LogP contribution in [0, 0.1) is 5.82 Å². The number of fused-ring (bicyclic) bond motifs is 1. The number of methoxy groups -OCH3 is 1. The van der Waals surface area contributed by atoms with Crippen LogP contribution in [0.3, 0.4) is 0 Å². The van der Waals surface area contributed by atoms with Crippen molar-refractivity contribution in [2.24, 2.45) is 7.05 Å². The minimum atomic E-state index is -4.87. The second-order valence-electron chi connectivity index (χ2n) is 8.53. The van der Waals surface area contributed by atoms with Crippen molar-refractivity contribution >= 4 is 16.6 Å². The molecule has 1 saturated heterocycles. The van der Waals surface area contributed by atoms with Crippen molar-refractivity contribution in [1.82, 2.24) is 14.3 Å². The van der Waals surface area contributed by atoms with Gasteiger partial charge in [-0.15, -0.1) is 0 Å².